The van der Waals surface area contributed by atoms with Crippen LogP contribution >= 0.6 is 0 Å². The molecular weight excluding hydrogens is 298 g/mol. The summed E-state index contributed by atoms with van der Waals surface area (Å²) < 4.78 is 52.7. The summed E-state index contributed by atoms with van der Waals surface area (Å²) >= 11 is 0. The van der Waals surface area contributed by atoms with Crippen LogP contribution in [-0.2, 0) is 16.6 Å². The summed E-state index contributed by atoms with van der Waals surface area (Å²) in [6.07, 6.45) is 0. The monoisotopic (exact) mass is 312 g/mol. The molecule has 7 heteroatoms. The average Bonchev–Trinajstić information content (AvgIpc) is 2.48. The van der Waals surface area contributed by atoms with E-state index in [1.165, 1.54) is 7.05 Å². The summed E-state index contributed by atoms with van der Waals surface area (Å²) in [6, 6.07) is 8.89. The zero-order valence-electron chi connectivity index (χ0n) is 11.3. The predicted octanol–water partition coefficient (Wildman–Crippen LogP) is 2.25. The van der Waals surface area contributed by atoms with E-state index in [1.807, 2.05) is 0 Å². The number of para-hydroxylation sites is 1. The van der Waals surface area contributed by atoms with Crippen LogP contribution in [-0.4, -0.2) is 15.5 Å². The van der Waals surface area contributed by atoms with Crippen molar-refractivity contribution >= 4 is 15.7 Å². The molecule has 0 unspecified atom stereocenters. The minimum Gasteiger partial charge on any atom is -0.326 e. The van der Waals surface area contributed by atoms with E-state index >= 15 is 0 Å². The molecule has 0 spiro atoms. The maximum Gasteiger partial charge on any atom is 0.267 e. The Morgan fingerprint density at radius 1 is 1.14 bits per heavy atom. The lowest BCUT2D eigenvalue weighted by Crippen LogP contribution is -2.28. The van der Waals surface area contributed by atoms with Gasteiger partial charge in [-0.15, -0.1) is 0 Å². The van der Waals surface area contributed by atoms with E-state index in [-0.39, 0.29) is 6.54 Å². The maximum absolute atomic E-state index is 13.7. The van der Waals surface area contributed by atoms with Crippen molar-refractivity contribution in [2.45, 2.75) is 11.4 Å². The molecule has 2 aromatic carbocycles. The van der Waals surface area contributed by atoms with Gasteiger partial charge in [0.1, 0.15) is 16.5 Å². The van der Waals surface area contributed by atoms with E-state index in [9.17, 15) is 17.2 Å². The number of nitrogens with zero attached hydrogens (tertiary/aromatic N) is 1. The van der Waals surface area contributed by atoms with Gasteiger partial charge >= 0.3 is 0 Å². The third-order valence-electron chi connectivity index (χ3n) is 3.08. The number of anilines is 1. The van der Waals surface area contributed by atoms with Gasteiger partial charge in [0.15, 0.2) is 0 Å². The van der Waals surface area contributed by atoms with Crippen molar-refractivity contribution in [2.75, 3.05) is 11.4 Å². The summed E-state index contributed by atoms with van der Waals surface area (Å²) in [7, 11) is -2.94. The number of rotatable bonds is 4. The molecule has 21 heavy (non-hydrogen) atoms. The van der Waals surface area contributed by atoms with Gasteiger partial charge in [-0.3, -0.25) is 4.31 Å². The van der Waals surface area contributed by atoms with Crippen molar-refractivity contribution in [3.8, 4) is 0 Å². The molecule has 2 N–H and O–H groups in total. The number of sulfonamides is 1. The highest BCUT2D eigenvalue weighted by atomic mass is 32.2. The highest BCUT2D eigenvalue weighted by Crippen LogP contribution is 2.27. The van der Waals surface area contributed by atoms with Crippen LogP contribution in [0.25, 0.3) is 0 Å². The normalized spacial score (nSPS) is 11.4. The summed E-state index contributed by atoms with van der Waals surface area (Å²) in [4.78, 5) is -0.711. The quantitative estimate of drug-likeness (QED) is 0.942. The third kappa shape index (κ3) is 2.88. The highest BCUT2D eigenvalue weighted by molar-refractivity contribution is 7.92. The first-order valence-electron chi connectivity index (χ1n) is 6.10. The molecule has 4 nitrogen and oxygen atoms in total. The number of benzene rings is 2. The van der Waals surface area contributed by atoms with Gasteiger partial charge in [-0.05, 0) is 29.8 Å². The molecule has 0 saturated heterocycles. The topological polar surface area (TPSA) is 63.4 Å². The Hall–Kier alpha value is -1.99. The van der Waals surface area contributed by atoms with E-state index in [2.05, 4.69) is 0 Å². The van der Waals surface area contributed by atoms with Crippen molar-refractivity contribution in [3.63, 3.8) is 0 Å². The van der Waals surface area contributed by atoms with Gasteiger partial charge < -0.3 is 5.73 Å². The molecule has 0 aliphatic rings. The summed E-state index contributed by atoms with van der Waals surface area (Å²) in [5, 5.41) is 0. The largest absolute Gasteiger partial charge is 0.326 e. The van der Waals surface area contributed by atoms with Crippen LogP contribution in [0.4, 0.5) is 14.5 Å². The smallest absolute Gasteiger partial charge is 0.267 e. The van der Waals surface area contributed by atoms with E-state index < -0.39 is 26.6 Å². The van der Waals surface area contributed by atoms with Crippen LogP contribution in [0.3, 0.4) is 0 Å². The van der Waals surface area contributed by atoms with E-state index in [4.69, 9.17) is 5.73 Å². The molecule has 0 aromatic heterocycles. The van der Waals surface area contributed by atoms with Crippen LogP contribution in [0.15, 0.2) is 47.4 Å². The molecule has 0 fully saturated rings. The fraction of sp³-hybridized carbons (Fsp3) is 0.143. The van der Waals surface area contributed by atoms with Gasteiger partial charge in [0.25, 0.3) is 10.0 Å². The van der Waals surface area contributed by atoms with Gasteiger partial charge in [-0.2, -0.15) is 0 Å². The van der Waals surface area contributed by atoms with E-state index in [1.54, 1.807) is 24.3 Å². The van der Waals surface area contributed by atoms with Gasteiger partial charge in [-0.1, -0.05) is 18.2 Å². The molecule has 2 rings (SSSR count). The van der Waals surface area contributed by atoms with E-state index in [0.717, 1.165) is 16.4 Å². The van der Waals surface area contributed by atoms with E-state index in [0.29, 0.717) is 17.3 Å². The van der Waals surface area contributed by atoms with Gasteiger partial charge in [0, 0.05) is 13.6 Å². The molecule has 0 aliphatic heterocycles. The Kier molecular flexibility index (Phi) is 4.24. The van der Waals surface area contributed by atoms with Gasteiger partial charge in [-0.25, -0.2) is 17.2 Å². The molecule has 0 aliphatic carbocycles. The van der Waals surface area contributed by atoms with Crippen LogP contribution in [0.5, 0.6) is 0 Å². The Bertz CT molecular complexity index is 763. The fourth-order valence-corrected chi connectivity index (χ4v) is 3.25. The molecule has 112 valence electrons. The average molecular weight is 312 g/mol. The van der Waals surface area contributed by atoms with Crippen molar-refractivity contribution in [2.24, 2.45) is 5.73 Å². The Balaban J connectivity index is 2.55. The SMILES string of the molecule is CN(c1ccccc1CN)S(=O)(=O)c1cc(F)ccc1F. The fourth-order valence-electron chi connectivity index (χ4n) is 1.94. The van der Waals surface area contributed by atoms with Crippen molar-refractivity contribution < 1.29 is 17.2 Å². The molecule has 0 bridgehead atoms. The van der Waals surface area contributed by atoms with Crippen molar-refractivity contribution in [3.05, 3.63) is 59.7 Å². The van der Waals surface area contributed by atoms with Crippen LogP contribution in [0.1, 0.15) is 5.56 Å². The minimum atomic E-state index is -4.22. The molecule has 0 amide bonds. The number of halogens is 2. The molecule has 0 heterocycles. The first kappa shape index (κ1) is 15.4. The summed E-state index contributed by atoms with van der Waals surface area (Å²) in [5.41, 5.74) is 6.48. The zero-order valence-corrected chi connectivity index (χ0v) is 12.1. The second-order valence-corrected chi connectivity index (χ2v) is 6.32. The van der Waals surface area contributed by atoms with Crippen molar-refractivity contribution in [1.82, 2.24) is 0 Å². The standard InChI is InChI=1S/C14H14F2N2O2S/c1-18(13-5-3-2-4-10(13)9-17)21(19,20)14-8-11(15)6-7-12(14)16/h2-8H,9,17H2,1H3. The summed E-state index contributed by atoms with van der Waals surface area (Å²) in [6.45, 7) is 0.127. The highest BCUT2D eigenvalue weighted by Gasteiger charge is 2.26. The third-order valence-corrected chi connectivity index (χ3v) is 4.87. The van der Waals surface area contributed by atoms with Crippen LogP contribution in [0.2, 0.25) is 0 Å². The second-order valence-electron chi connectivity index (χ2n) is 4.38. The predicted molar refractivity (Wildman–Crippen MR) is 76.3 cm³/mol. The molecule has 0 radical (unpaired) electrons. The number of hydrogen-bond acceptors (Lipinski definition) is 3. The van der Waals surface area contributed by atoms with Gasteiger partial charge in [0.05, 0.1) is 5.69 Å². The lowest BCUT2D eigenvalue weighted by atomic mass is 10.2. The van der Waals surface area contributed by atoms with Crippen LogP contribution < -0.4 is 10.0 Å². The first-order chi connectivity index (χ1) is 9.87. The number of hydrogen-bond donors (Lipinski definition) is 1. The Morgan fingerprint density at radius 2 is 1.81 bits per heavy atom. The summed E-state index contributed by atoms with van der Waals surface area (Å²) in [5.74, 6) is -1.83. The lowest BCUT2D eigenvalue weighted by Gasteiger charge is -2.22. The zero-order chi connectivity index (χ0) is 15.6. The van der Waals surface area contributed by atoms with Gasteiger partial charge in [0.2, 0.25) is 0 Å². The van der Waals surface area contributed by atoms with Crippen LogP contribution in [0, 0.1) is 11.6 Å². The first-order valence-corrected chi connectivity index (χ1v) is 7.54. The molecule has 0 saturated carbocycles. The number of nitrogens with two attached hydrogens (primary N) is 1. The molecule has 0 atom stereocenters. The lowest BCUT2D eigenvalue weighted by molar-refractivity contribution is 0.552. The van der Waals surface area contributed by atoms with Crippen molar-refractivity contribution in [1.29, 1.82) is 0 Å². The Morgan fingerprint density at radius 3 is 2.48 bits per heavy atom. The molecular formula is C14H14F2N2O2S. The maximum atomic E-state index is 13.7. The Labute approximate surface area is 121 Å². The minimum absolute atomic E-state index is 0.127. The second kappa shape index (κ2) is 5.79. The molecule has 2 aromatic rings.